The van der Waals surface area contributed by atoms with Crippen LogP contribution in [0.5, 0.6) is 0 Å². The molecule has 2 heterocycles. The van der Waals surface area contributed by atoms with Gasteiger partial charge < -0.3 is 5.32 Å². The van der Waals surface area contributed by atoms with Gasteiger partial charge in [0.25, 0.3) is 0 Å². The number of para-hydroxylation sites is 1. The minimum atomic E-state index is 0.459. The van der Waals surface area contributed by atoms with E-state index in [4.69, 9.17) is 0 Å². The van der Waals surface area contributed by atoms with Crippen LogP contribution >= 0.6 is 0 Å². The Morgan fingerprint density at radius 1 is 1.21 bits per heavy atom. The molecule has 3 heteroatoms. The monoisotopic (exact) mass is 255 g/mol. The molecule has 1 aromatic heterocycles. The Morgan fingerprint density at radius 2 is 2.00 bits per heavy atom. The van der Waals surface area contributed by atoms with Crippen molar-refractivity contribution in [3.8, 4) is 5.69 Å². The molecule has 1 aliphatic rings. The fraction of sp³-hybridized carbons (Fsp3) is 0.438. The highest BCUT2D eigenvalue weighted by molar-refractivity contribution is 5.35. The fourth-order valence-corrected chi connectivity index (χ4v) is 2.98. The third-order valence-electron chi connectivity index (χ3n) is 4.04. The zero-order valence-electron chi connectivity index (χ0n) is 11.6. The van der Waals surface area contributed by atoms with Gasteiger partial charge in [-0.25, -0.2) is 4.68 Å². The standard InChI is InChI=1S/C16H21N3/c1-12-7-6-10-16(18-12)15-11-17-19(13(15)2)14-8-4-3-5-9-14/h3-5,8-9,11-12,16,18H,6-7,10H2,1-2H3. The average Bonchev–Trinajstić information content (AvgIpc) is 2.81. The fourth-order valence-electron chi connectivity index (χ4n) is 2.98. The number of hydrogen-bond acceptors (Lipinski definition) is 2. The van der Waals surface area contributed by atoms with Gasteiger partial charge in [0, 0.05) is 23.3 Å². The number of nitrogens with zero attached hydrogens (tertiary/aromatic N) is 2. The van der Waals surface area contributed by atoms with Crippen molar-refractivity contribution in [3.63, 3.8) is 0 Å². The first-order chi connectivity index (χ1) is 9.25. The van der Waals surface area contributed by atoms with E-state index in [9.17, 15) is 0 Å². The van der Waals surface area contributed by atoms with E-state index in [1.807, 2.05) is 16.9 Å². The summed E-state index contributed by atoms with van der Waals surface area (Å²) in [5.41, 5.74) is 3.73. The van der Waals surface area contributed by atoms with Crippen LogP contribution in [-0.2, 0) is 0 Å². The smallest absolute Gasteiger partial charge is 0.0648 e. The molecule has 100 valence electrons. The molecule has 1 aliphatic heterocycles. The maximum Gasteiger partial charge on any atom is 0.0648 e. The Balaban J connectivity index is 1.91. The molecule has 1 saturated heterocycles. The molecule has 0 bridgehead atoms. The highest BCUT2D eigenvalue weighted by atomic mass is 15.3. The van der Waals surface area contributed by atoms with Crippen molar-refractivity contribution < 1.29 is 0 Å². The minimum Gasteiger partial charge on any atom is -0.307 e. The molecule has 1 fully saturated rings. The third kappa shape index (κ3) is 2.43. The van der Waals surface area contributed by atoms with Crippen LogP contribution in [-0.4, -0.2) is 15.8 Å². The van der Waals surface area contributed by atoms with Gasteiger partial charge in [-0.1, -0.05) is 24.6 Å². The van der Waals surface area contributed by atoms with Gasteiger partial charge in [0.15, 0.2) is 0 Å². The van der Waals surface area contributed by atoms with Crippen molar-refractivity contribution in [2.24, 2.45) is 0 Å². The molecule has 1 N–H and O–H groups in total. The molecule has 2 aromatic rings. The van der Waals surface area contributed by atoms with Crippen LogP contribution in [0.3, 0.4) is 0 Å². The summed E-state index contributed by atoms with van der Waals surface area (Å²) >= 11 is 0. The molecule has 1 aromatic carbocycles. The summed E-state index contributed by atoms with van der Waals surface area (Å²) in [7, 11) is 0. The first kappa shape index (κ1) is 12.4. The van der Waals surface area contributed by atoms with Gasteiger partial charge in [0.1, 0.15) is 0 Å². The molecular formula is C16H21N3. The van der Waals surface area contributed by atoms with Gasteiger partial charge in [-0.3, -0.25) is 0 Å². The van der Waals surface area contributed by atoms with E-state index < -0.39 is 0 Å². The first-order valence-electron chi connectivity index (χ1n) is 7.11. The zero-order valence-corrected chi connectivity index (χ0v) is 11.6. The normalized spacial score (nSPS) is 23.5. The van der Waals surface area contributed by atoms with E-state index in [2.05, 4.69) is 48.5 Å². The highest BCUT2D eigenvalue weighted by Gasteiger charge is 2.22. The maximum atomic E-state index is 4.56. The summed E-state index contributed by atoms with van der Waals surface area (Å²) in [5.74, 6) is 0. The number of aromatic nitrogens is 2. The van der Waals surface area contributed by atoms with Gasteiger partial charge in [-0.15, -0.1) is 0 Å². The van der Waals surface area contributed by atoms with Crippen molar-refractivity contribution in [2.45, 2.75) is 45.2 Å². The van der Waals surface area contributed by atoms with Crippen LogP contribution < -0.4 is 5.32 Å². The Bertz CT molecular complexity index is 544. The maximum absolute atomic E-state index is 4.56. The van der Waals surface area contributed by atoms with E-state index in [1.165, 1.54) is 30.5 Å². The van der Waals surface area contributed by atoms with Gasteiger partial charge in [0.2, 0.25) is 0 Å². The van der Waals surface area contributed by atoms with Crippen molar-refractivity contribution in [1.82, 2.24) is 15.1 Å². The van der Waals surface area contributed by atoms with Crippen molar-refractivity contribution in [2.75, 3.05) is 0 Å². The summed E-state index contributed by atoms with van der Waals surface area (Å²) in [5, 5.41) is 8.25. The van der Waals surface area contributed by atoms with Gasteiger partial charge in [0.05, 0.1) is 11.9 Å². The van der Waals surface area contributed by atoms with Crippen LogP contribution in [0.4, 0.5) is 0 Å². The van der Waals surface area contributed by atoms with Crippen LogP contribution in [0.25, 0.3) is 5.69 Å². The van der Waals surface area contributed by atoms with Crippen LogP contribution in [0.2, 0.25) is 0 Å². The second-order valence-corrected chi connectivity index (χ2v) is 5.48. The molecule has 2 atom stereocenters. The molecular weight excluding hydrogens is 234 g/mol. The molecule has 0 amide bonds. The topological polar surface area (TPSA) is 29.9 Å². The van der Waals surface area contributed by atoms with Gasteiger partial charge >= 0.3 is 0 Å². The average molecular weight is 255 g/mol. The lowest BCUT2D eigenvalue weighted by atomic mass is 9.94. The largest absolute Gasteiger partial charge is 0.307 e. The number of piperidine rings is 1. The van der Waals surface area contributed by atoms with E-state index in [0.717, 1.165) is 5.69 Å². The number of rotatable bonds is 2. The second kappa shape index (κ2) is 5.17. The Labute approximate surface area is 114 Å². The summed E-state index contributed by atoms with van der Waals surface area (Å²) < 4.78 is 2.04. The Morgan fingerprint density at radius 3 is 2.74 bits per heavy atom. The lowest BCUT2D eigenvalue weighted by Crippen LogP contribution is -2.34. The molecule has 2 unspecified atom stereocenters. The quantitative estimate of drug-likeness (QED) is 0.891. The predicted octanol–water partition coefficient (Wildman–Crippen LogP) is 3.38. The van der Waals surface area contributed by atoms with Crippen LogP contribution in [0.15, 0.2) is 36.5 Å². The van der Waals surface area contributed by atoms with E-state index in [1.54, 1.807) is 0 Å². The van der Waals surface area contributed by atoms with Crippen molar-refractivity contribution in [1.29, 1.82) is 0 Å². The SMILES string of the molecule is Cc1c(C2CCCC(C)N2)cnn1-c1ccccc1. The lowest BCUT2D eigenvalue weighted by Gasteiger charge is -2.28. The van der Waals surface area contributed by atoms with Crippen LogP contribution in [0.1, 0.15) is 43.5 Å². The molecule has 19 heavy (non-hydrogen) atoms. The Kier molecular flexibility index (Phi) is 3.38. The Hall–Kier alpha value is -1.61. The number of hydrogen-bond donors (Lipinski definition) is 1. The second-order valence-electron chi connectivity index (χ2n) is 5.48. The zero-order chi connectivity index (χ0) is 13.2. The van der Waals surface area contributed by atoms with Crippen molar-refractivity contribution >= 4 is 0 Å². The van der Waals surface area contributed by atoms with E-state index in [-0.39, 0.29) is 0 Å². The van der Waals surface area contributed by atoms with Crippen LogP contribution in [0, 0.1) is 6.92 Å². The number of nitrogens with one attached hydrogen (secondary N) is 1. The molecule has 0 saturated carbocycles. The van der Waals surface area contributed by atoms with Crippen molar-refractivity contribution in [3.05, 3.63) is 47.8 Å². The van der Waals surface area contributed by atoms with E-state index >= 15 is 0 Å². The molecule has 3 nitrogen and oxygen atoms in total. The third-order valence-corrected chi connectivity index (χ3v) is 4.04. The molecule has 0 spiro atoms. The minimum absolute atomic E-state index is 0.459. The summed E-state index contributed by atoms with van der Waals surface area (Å²) in [6.07, 6.45) is 5.82. The summed E-state index contributed by atoms with van der Waals surface area (Å²) in [4.78, 5) is 0. The molecule has 0 radical (unpaired) electrons. The predicted molar refractivity (Wildman–Crippen MR) is 77.5 cm³/mol. The van der Waals surface area contributed by atoms with Gasteiger partial charge in [-0.05, 0) is 38.8 Å². The summed E-state index contributed by atoms with van der Waals surface area (Å²) in [6.45, 7) is 4.43. The molecule has 0 aliphatic carbocycles. The first-order valence-corrected chi connectivity index (χ1v) is 7.11. The highest BCUT2D eigenvalue weighted by Crippen LogP contribution is 2.28. The molecule has 3 rings (SSSR count). The lowest BCUT2D eigenvalue weighted by molar-refractivity contribution is 0.340. The van der Waals surface area contributed by atoms with Gasteiger partial charge in [-0.2, -0.15) is 5.10 Å². The summed E-state index contributed by atoms with van der Waals surface area (Å²) in [6, 6.07) is 11.4. The van der Waals surface area contributed by atoms with E-state index in [0.29, 0.717) is 12.1 Å². The number of benzene rings is 1.